The molecule has 0 amide bonds. The first-order chi connectivity index (χ1) is 12.4. The van der Waals surface area contributed by atoms with Gasteiger partial charge in [-0.2, -0.15) is 0 Å². The van der Waals surface area contributed by atoms with E-state index in [0.717, 1.165) is 17.0 Å². The van der Waals surface area contributed by atoms with Gasteiger partial charge in [-0.05, 0) is 39.7 Å². The minimum absolute atomic E-state index is 0.0339. The Bertz CT molecular complexity index is 858. The van der Waals surface area contributed by atoms with E-state index >= 15 is 0 Å². The summed E-state index contributed by atoms with van der Waals surface area (Å²) in [4.78, 5) is 32.5. The number of hydrogen-bond acceptors (Lipinski definition) is 7. The highest BCUT2D eigenvalue weighted by Gasteiger charge is 2.28. The molecule has 1 saturated carbocycles. The zero-order valence-corrected chi connectivity index (χ0v) is 15.9. The molecule has 0 spiro atoms. The predicted octanol–water partition coefficient (Wildman–Crippen LogP) is 2.96. The largest absolute Gasteiger partial charge is 0.462 e. The summed E-state index contributed by atoms with van der Waals surface area (Å²) >= 11 is 1.21. The highest BCUT2D eigenvalue weighted by molar-refractivity contribution is 7.99. The van der Waals surface area contributed by atoms with Crippen LogP contribution in [-0.4, -0.2) is 38.6 Å². The van der Waals surface area contributed by atoms with Gasteiger partial charge in [-0.15, -0.1) is 0 Å². The number of hydrogen-bond donors (Lipinski definition) is 1. The zero-order valence-electron chi connectivity index (χ0n) is 15.1. The number of aryl methyl sites for hydroxylation is 1. The minimum Gasteiger partial charge on any atom is -0.462 e. The Morgan fingerprint density at radius 3 is 2.69 bits per heavy atom. The second-order valence-corrected chi connectivity index (χ2v) is 7.21. The van der Waals surface area contributed by atoms with Crippen molar-refractivity contribution in [3.63, 3.8) is 0 Å². The number of ether oxygens (including phenoxy) is 1. The van der Waals surface area contributed by atoms with Gasteiger partial charge in [0.25, 0.3) is 0 Å². The molecule has 0 radical (unpaired) electrons. The molecule has 7 nitrogen and oxygen atoms in total. The van der Waals surface area contributed by atoms with E-state index in [-0.39, 0.29) is 29.5 Å². The first kappa shape index (κ1) is 18.4. The third kappa shape index (κ3) is 3.75. The lowest BCUT2D eigenvalue weighted by atomic mass is 10.2. The predicted molar refractivity (Wildman–Crippen MR) is 99.6 cm³/mol. The SMILES string of the molecule is CCOC(=O)c1cnc(SCC(=O)c2cc(C)n(C3CC3)c2C)nc1N. The molecule has 2 N–H and O–H groups in total. The molecule has 2 aromatic heterocycles. The molecule has 1 aliphatic carbocycles. The fourth-order valence-corrected chi connectivity index (χ4v) is 3.68. The molecule has 1 aliphatic rings. The normalized spacial score (nSPS) is 13.7. The third-order valence-electron chi connectivity index (χ3n) is 4.32. The standard InChI is InChI=1S/C18H22N4O3S/c1-4-25-17(24)14-8-20-18(21-16(14)19)26-9-15(23)13-7-10(2)22(11(13)3)12-5-6-12/h7-8,12H,4-6,9H2,1-3H3,(H2,19,20,21). The van der Waals surface area contributed by atoms with E-state index < -0.39 is 5.97 Å². The number of carbonyl (C=O) groups excluding carboxylic acids is 2. The molecule has 1 fully saturated rings. The number of esters is 1. The number of aromatic nitrogens is 3. The van der Waals surface area contributed by atoms with Crippen LogP contribution in [0.1, 0.15) is 57.9 Å². The molecule has 0 aromatic carbocycles. The lowest BCUT2D eigenvalue weighted by molar-refractivity contribution is 0.0526. The van der Waals surface area contributed by atoms with Gasteiger partial charge in [-0.25, -0.2) is 14.8 Å². The van der Waals surface area contributed by atoms with Crippen LogP contribution in [0.25, 0.3) is 0 Å². The number of nitrogens with zero attached hydrogens (tertiary/aromatic N) is 3. The van der Waals surface area contributed by atoms with Crippen LogP contribution in [-0.2, 0) is 4.74 Å². The van der Waals surface area contributed by atoms with Gasteiger partial charge in [0.05, 0.1) is 12.4 Å². The molecule has 26 heavy (non-hydrogen) atoms. The van der Waals surface area contributed by atoms with Gasteiger partial charge in [-0.1, -0.05) is 11.8 Å². The Hall–Kier alpha value is -2.35. The molecule has 0 aliphatic heterocycles. The van der Waals surface area contributed by atoms with Crippen LogP contribution in [0.5, 0.6) is 0 Å². The van der Waals surface area contributed by atoms with Gasteiger partial charge in [0.2, 0.25) is 0 Å². The molecule has 0 unspecified atom stereocenters. The summed E-state index contributed by atoms with van der Waals surface area (Å²) < 4.78 is 7.14. The zero-order chi connectivity index (χ0) is 18.8. The van der Waals surface area contributed by atoms with Gasteiger partial charge in [0.1, 0.15) is 11.4 Å². The highest BCUT2D eigenvalue weighted by atomic mass is 32.2. The number of Topliss-reactive ketones (excluding diaryl/α,β-unsaturated/α-hetero) is 1. The second-order valence-electron chi connectivity index (χ2n) is 6.27. The molecular formula is C18H22N4O3S. The third-order valence-corrected chi connectivity index (χ3v) is 5.18. The highest BCUT2D eigenvalue weighted by Crippen LogP contribution is 2.38. The molecule has 138 valence electrons. The fraction of sp³-hybridized carbons (Fsp3) is 0.444. The summed E-state index contributed by atoms with van der Waals surface area (Å²) in [7, 11) is 0. The molecule has 0 saturated heterocycles. The van der Waals surface area contributed by atoms with Gasteiger partial charge in [-0.3, -0.25) is 4.79 Å². The summed E-state index contributed by atoms with van der Waals surface area (Å²) in [6, 6.07) is 2.50. The van der Waals surface area contributed by atoms with Crippen molar-refractivity contribution in [2.75, 3.05) is 18.1 Å². The van der Waals surface area contributed by atoms with Crippen molar-refractivity contribution in [3.05, 3.63) is 34.8 Å². The maximum Gasteiger partial charge on any atom is 0.343 e. The van der Waals surface area contributed by atoms with Crippen LogP contribution in [0.4, 0.5) is 5.82 Å². The fourth-order valence-electron chi connectivity index (χ4n) is 2.98. The molecule has 8 heteroatoms. The van der Waals surface area contributed by atoms with Crippen LogP contribution < -0.4 is 5.73 Å². The Morgan fingerprint density at radius 1 is 1.35 bits per heavy atom. The van der Waals surface area contributed by atoms with Gasteiger partial charge >= 0.3 is 5.97 Å². The summed E-state index contributed by atoms with van der Waals surface area (Å²) in [5.74, 6) is -0.246. The number of nitrogens with two attached hydrogens (primary N) is 1. The van der Waals surface area contributed by atoms with E-state index in [1.807, 2.05) is 19.9 Å². The van der Waals surface area contributed by atoms with Crippen molar-refractivity contribution < 1.29 is 14.3 Å². The minimum atomic E-state index is -0.551. The Labute approximate surface area is 156 Å². The summed E-state index contributed by atoms with van der Waals surface area (Å²) in [6.07, 6.45) is 3.70. The first-order valence-electron chi connectivity index (χ1n) is 8.56. The van der Waals surface area contributed by atoms with Crippen molar-refractivity contribution in [2.45, 2.75) is 44.8 Å². The molecule has 0 bridgehead atoms. The average molecular weight is 374 g/mol. The molecule has 3 rings (SSSR count). The monoisotopic (exact) mass is 374 g/mol. The Kier molecular flexibility index (Phi) is 5.31. The summed E-state index contributed by atoms with van der Waals surface area (Å²) in [5, 5.41) is 0.361. The first-order valence-corrected chi connectivity index (χ1v) is 9.55. The van der Waals surface area contributed by atoms with Crippen molar-refractivity contribution in [1.82, 2.24) is 14.5 Å². The summed E-state index contributed by atoms with van der Waals surface area (Å²) in [6.45, 7) is 5.99. The lowest BCUT2D eigenvalue weighted by Gasteiger charge is -2.07. The van der Waals surface area contributed by atoms with Crippen molar-refractivity contribution >= 4 is 29.3 Å². The smallest absolute Gasteiger partial charge is 0.343 e. The molecule has 2 heterocycles. The van der Waals surface area contributed by atoms with Crippen molar-refractivity contribution in [3.8, 4) is 0 Å². The maximum absolute atomic E-state index is 12.6. The second kappa shape index (κ2) is 7.49. The van der Waals surface area contributed by atoms with E-state index in [1.54, 1.807) is 6.92 Å². The number of nitrogen functional groups attached to an aromatic ring is 1. The maximum atomic E-state index is 12.6. The van der Waals surface area contributed by atoms with Crippen LogP contribution >= 0.6 is 11.8 Å². The van der Waals surface area contributed by atoms with Crippen LogP contribution in [0.3, 0.4) is 0 Å². The van der Waals surface area contributed by atoms with Crippen LogP contribution in [0, 0.1) is 13.8 Å². The number of ketones is 1. The van der Waals surface area contributed by atoms with Crippen molar-refractivity contribution in [1.29, 1.82) is 0 Å². The number of carbonyl (C=O) groups is 2. The van der Waals surface area contributed by atoms with E-state index in [4.69, 9.17) is 10.5 Å². The van der Waals surface area contributed by atoms with Gasteiger partial charge < -0.3 is 15.0 Å². The van der Waals surface area contributed by atoms with E-state index in [0.29, 0.717) is 11.2 Å². The Morgan fingerprint density at radius 2 is 2.08 bits per heavy atom. The number of thioether (sulfide) groups is 1. The van der Waals surface area contributed by atoms with Gasteiger partial charge in [0.15, 0.2) is 10.9 Å². The van der Waals surface area contributed by atoms with Gasteiger partial charge in [0, 0.05) is 29.2 Å². The van der Waals surface area contributed by atoms with Crippen molar-refractivity contribution in [2.24, 2.45) is 0 Å². The molecular weight excluding hydrogens is 352 g/mol. The van der Waals surface area contributed by atoms with Crippen LogP contribution in [0.2, 0.25) is 0 Å². The topological polar surface area (TPSA) is 100 Å². The van der Waals surface area contributed by atoms with E-state index in [2.05, 4.69) is 14.5 Å². The van der Waals surface area contributed by atoms with Crippen LogP contribution in [0.15, 0.2) is 17.4 Å². The lowest BCUT2D eigenvalue weighted by Crippen LogP contribution is -2.11. The molecule has 2 aromatic rings. The average Bonchev–Trinajstić information content (AvgIpc) is 3.38. The summed E-state index contributed by atoms with van der Waals surface area (Å²) in [5.41, 5.74) is 8.83. The Balaban J connectivity index is 1.67. The number of rotatable bonds is 7. The molecule has 0 atom stereocenters. The number of anilines is 1. The van der Waals surface area contributed by atoms with E-state index in [1.165, 1.54) is 30.8 Å². The quantitative estimate of drug-likeness (QED) is 0.344. The van der Waals surface area contributed by atoms with E-state index in [9.17, 15) is 9.59 Å².